The van der Waals surface area contributed by atoms with Gasteiger partial charge in [-0.25, -0.2) is 0 Å². The van der Waals surface area contributed by atoms with Gasteiger partial charge in [-0.1, -0.05) is 91.0 Å². The fraction of sp³-hybridized carbons (Fsp3) is 0.0400. The third-order valence-electron chi connectivity index (χ3n) is 5.27. The van der Waals surface area contributed by atoms with Gasteiger partial charge in [0.1, 0.15) is 5.75 Å². The minimum Gasteiger partial charge on any atom is -0.507 e. The predicted molar refractivity (Wildman–Crippen MR) is 106 cm³/mol. The minimum absolute atomic E-state index is 0.129. The highest BCUT2D eigenvalue weighted by Gasteiger charge is 2.33. The summed E-state index contributed by atoms with van der Waals surface area (Å²) in [5, 5.41) is 10.8. The molecule has 4 aromatic carbocycles. The molecule has 0 saturated heterocycles. The van der Waals surface area contributed by atoms with E-state index in [0.29, 0.717) is 5.75 Å². The Morgan fingerprint density at radius 2 is 1.23 bits per heavy atom. The summed E-state index contributed by atoms with van der Waals surface area (Å²) in [5.74, 6) is 0.466. The Bertz CT molecular complexity index is 1080. The quantitative estimate of drug-likeness (QED) is 0.406. The number of hydrogen-bond donors (Lipinski definition) is 1. The van der Waals surface area contributed by atoms with Crippen molar-refractivity contribution in [3.8, 4) is 28.0 Å². The standard InChI is InChI=1S/C25H18O/c26-22-16-15-21-19-13-7-8-14-20(19)23(17-9-3-1-4-10-17)25(21)24(22)18-11-5-2-6-12-18/h1-16,23,26H. The van der Waals surface area contributed by atoms with Gasteiger partial charge in [-0.3, -0.25) is 0 Å². The molecule has 0 aliphatic heterocycles. The monoisotopic (exact) mass is 334 g/mol. The summed E-state index contributed by atoms with van der Waals surface area (Å²) in [6, 6.07) is 33.2. The van der Waals surface area contributed by atoms with Crippen molar-refractivity contribution in [2.24, 2.45) is 0 Å². The topological polar surface area (TPSA) is 20.2 Å². The summed E-state index contributed by atoms with van der Waals surface area (Å²) >= 11 is 0. The molecule has 0 amide bonds. The number of phenols is 1. The van der Waals surface area contributed by atoms with Crippen LogP contribution >= 0.6 is 0 Å². The first-order valence-electron chi connectivity index (χ1n) is 8.90. The summed E-state index contributed by atoms with van der Waals surface area (Å²) in [6.07, 6.45) is 0. The summed E-state index contributed by atoms with van der Waals surface area (Å²) in [4.78, 5) is 0. The van der Waals surface area contributed by atoms with Crippen LogP contribution in [-0.4, -0.2) is 5.11 Å². The van der Waals surface area contributed by atoms with Crippen molar-refractivity contribution >= 4 is 0 Å². The van der Waals surface area contributed by atoms with E-state index in [1.54, 1.807) is 0 Å². The largest absolute Gasteiger partial charge is 0.507 e. The molecule has 0 fully saturated rings. The summed E-state index contributed by atoms with van der Waals surface area (Å²) in [7, 11) is 0. The van der Waals surface area contributed by atoms with Crippen molar-refractivity contribution in [3.63, 3.8) is 0 Å². The first kappa shape index (κ1) is 15.0. The second-order valence-corrected chi connectivity index (χ2v) is 6.72. The Balaban J connectivity index is 1.87. The van der Waals surface area contributed by atoms with Crippen LogP contribution in [0.2, 0.25) is 0 Å². The highest BCUT2D eigenvalue weighted by molar-refractivity contribution is 5.90. The highest BCUT2D eigenvalue weighted by atomic mass is 16.3. The molecule has 0 heterocycles. The zero-order valence-corrected chi connectivity index (χ0v) is 14.3. The first-order valence-corrected chi connectivity index (χ1v) is 8.90. The van der Waals surface area contributed by atoms with Gasteiger partial charge < -0.3 is 5.11 Å². The Hall–Kier alpha value is -3.32. The molecule has 4 aromatic rings. The van der Waals surface area contributed by atoms with Crippen LogP contribution in [0, 0.1) is 0 Å². The lowest BCUT2D eigenvalue weighted by Crippen LogP contribution is -2.01. The average molecular weight is 334 g/mol. The molecule has 1 aliphatic carbocycles. The van der Waals surface area contributed by atoms with Gasteiger partial charge in [0.25, 0.3) is 0 Å². The average Bonchev–Trinajstić information content (AvgIpc) is 3.03. The second-order valence-electron chi connectivity index (χ2n) is 6.72. The van der Waals surface area contributed by atoms with Crippen LogP contribution in [0.25, 0.3) is 22.3 Å². The second kappa shape index (κ2) is 5.89. The van der Waals surface area contributed by atoms with Gasteiger partial charge in [-0.15, -0.1) is 0 Å². The molecule has 1 heteroatoms. The minimum atomic E-state index is 0.129. The number of rotatable bonds is 2. The lowest BCUT2D eigenvalue weighted by Gasteiger charge is -2.19. The molecule has 0 aromatic heterocycles. The van der Waals surface area contributed by atoms with E-state index in [0.717, 1.165) is 11.1 Å². The Morgan fingerprint density at radius 1 is 0.577 bits per heavy atom. The van der Waals surface area contributed by atoms with Crippen molar-refractivity contribution in [2.45, 2.75) is 5.92 Å². The molecule has 124 valence electrons. The summed E-state index contributed by atoms with van der Waals surface area (Å²) in [6.45, 7) is 0. The van der Waals surface area contributed by atoms with Gasteiger partial charge in [0.2, 0.25) is 0 Å². The molecule has 0 spiro atoms. The maximum absolute atomic E-state index is 10.8. The van der Waals surface area contributed by atoms with E-state index in [4.69, 9.17) is 0 Å². The fourth-order valence-corrected chi connectivity index (χ4v) is 4.19. The van der Waals surface area contributed by atoms with Crippen molar-refractivity contribution in [1.29, 1.82) is 0 Å². The molecule has 0 saturated carbocycles. The number of fused-ring (bicyclic) bond motifs is 3. The molecule has 1 nitrogen and oxygen atoms in total. The molecule has 0 bridgehead atoms. The summed E-state index contributed by atoms with van der Waals surface area (Å²) in [5.41, 5.74) is 8.21. The molecule has 0 radical (unpaired) electrons. The number of aromatic hydroxyl groups is 1. The molecule has 26 heavy (non-hydrogen) atoms. The van der Waals surface area contributed by atoms with Gasteiger partial charge in [0.15, 0.2) is 0 Å². The zero-order chi connectivity index (χ0) is 17.5. The SMILES string of the molecule is Oc1ccc2c(c1-c1ccccc1)C(c1ccccc1)c1ccccc1-2. The van der Waals surface area contributed by atoms with Crippen LogP contribution in [0.5, 0.6) is 5.75 Å². The van der Waals surface area contributed by atoms with Gasteiger partial charge in [-0.05, 0) is 39.4 Å². The van der Waals surface area contributed by atoms with Crippen LogP contribution in [-0.2, 0) is 0 Å². The normalized spacial score (nSPS) is 14.7. The van der Waals surface area contributed by atoms with Crippen LogP contribution in [0.4, 0.5) is 0 Å². The summed E-state index contributed by atoms with van der Waals surface area (Å²) < 4.78 is 0. The maximum atomic E-state index is 10.8. The Labute approximate surface area is 153 Å². The molecule has 5 rings (SSSR count). The number of benzene rings is 4. The molecule has 1 N–H and O–H groups in total. The van der Waals surface area contributed by atoms with Gasteiger partial charge in [0.05, 0.1) is 0 Å². The van der Waals surface area contributed by atoms with Crippen molar-refractivity contribution < 1.29 is 5.11 Å². The molecular weight excluding hydrogens is 316 g/mol. The third kappa shape index (κ3) is 2.18. The van der Waals surface area contributed by atoms with E-state index in [1.165, 1.54) is 27.8 Å². The Kier molecular flexibility index (Phi) is 3.39. The third-order valence-corrected chi connectivity index (χ3v) is 5.27. The molecule has 1 unspecified atom stereocenters. The van der Waals surface area contributed by atoms with E-state index in [2.05, 4.69) is 66.7 Å². The van der Waals surface area contributed by atoms with Crippen molar-refractivity contribution in [2.75, 3.05) is 0 Å². The van der Waals surface area contributed by atoms with Crippen LogP contribution in [0.15, 0.2) is 97.1 Å². The van der Waals surface area contributed by atoms with E-state index in [-0.39, 0.29) is 5.92 Å². The maximum Gasteiger partial charge on any atom is 0.123 e. The predicted octanol–water partition coefficient (Wildman–Crippen LogP) is 6.22. The molecular formula is C25H18O. The van der Waals surface area contributed by atoms with Crippen LogP contribution in [0.1, 0.15) is 22.6 Å². The smallest absolute Gasteiger partial charge is 0.123 e. The lowest BCUT2D eigenvalue weighted by atomic mass is 9.84. The van der Waals surface area contributed by atoms with Gasteiger partial charge in [-0.2, -0.15) is 0 Å². The fourth-order valence-electron chi connectivity index (χ4n) is 4.19. The van der Waals surface area contributed by atoms with Crippen molar-refractivity contribution in [3.05, 3.63) is 114 Å². The number of hydrogen-bond acceptors (Lipinski definition) is 1. The van der Waals surface area contributed by atoms with Gasteiger partial charge >= 0.3 is 0 Å². The molecule has 1 aliphatic rings. The van der Waals surface area contributed by atoms with Gasteiger partial charge in [0, 0.05) is 11.5 Å². The van der Waals surface area contributed by atoms with E-state index in [1.807, 2.05) is 30.3 Å². The first-order chi connectivity index (χ1) is 12.8. The Morgan fingerprint density at radius 3 is 2.00 bits per heavy atom. The molecule has 1 atom stereocenters. The zero-order valence-electron chi connectivity index (χ0n) is 14.3. The van der Waals surface area contributed by atoms with E-state index in [9.17, 15) is 5.11 Å². The van der Waals surface area contributed by atoms with Crippen molar-refractivity contribution in [1.82, 2.24) is 0 Å². The van der Waals surface area contributed by atoms with E-state index < -0.39 is 0 Å². The lowest BCUT2D eigenvalue weighted by molar-refractivity contribution is 0.477. The number of phenolic OH excluding ortho intramolecular Hbond substituents is 1. The highest BCUT2D eigenvalue weighted by Crippen LogP contribution is 2.53. The van der Waals surface area contributed by atoms with Crippen LogP contribution in [0.3, 0.4) is 0 Å². The van der Waals surface area contributed by atoms with E-state index >= 15 is 0 Å². The van der Waals surface area contributed by atoms with Crippen LogP contribution < -0.4 is 0 Å².